The zero-order valence-electron chi connectivity index (χ0n) is 10.3. The predicted octanol–water partition coefficient (Wildman–Crippen LogP) is 4.77. The SMILES string of the molecule is CCNC(Cc1sccc1Br)C(C(F)(F)F)C(F)(F)F. The average Bonchev–Trinajstić information content (AvgIpc) is 2.60. The molecule has 0 aliphatic rings. The van der Waals surface area contributed by atoms with Crippen molar-refractivity contribution in [3.63, 3.8) is 0 Å². The number of halogens is 7. The van der Waals surface area contributed by atoms with Crippen molar-refractivity contribution >= 4 is 27.3 Å². The van der Waals surface area contributed by atoms with Crippen molar-refractivity contribution in [2.24, 2.45) is 5.92 Å². The Labute approximate surface area is 124 Å². The van der Waals surface area contributed by atoms with Gasteiger partial charge in [-0.3, -0.25) is 0 Å². The lowest BCUT2D eigenvalue weighted by molar-refractivity contribution is -0.291. The molecule has 9 heteroatoms. The Morgan fingerprint density at radius 3 is 2.10 bits per heavy atom. The predicted molar refractivity (Wildman–Crippen MR) is 68.8 cm³/mol. The van der Waals surface area contributed by atoms with Crippen LogP contribution in [0.2, 0.25) is 0 Å². The smallest absolute Gasteiger partial charge is 0.313 e. The van der Waals surface area contributed by atoms with Gasteiger partial charge in [-0.15, -0.1) is 11.3 Å². The van der Waals surface area contributed by atoms with E-state index >= 15 is 0 Å². The second-order valence-corrected chi connectivity index (χ2v) is 5.98. The maximum absolute atomic E-state index is 12.8. The van der Waals surface area contributed by atoms with Crippen molar-refractivity contribution in [3.05, 3.63) is 20.8 Å². The summed E-state index contributed by atoms with van der Waals surface area (Å²) < 4.78 is 77.0. The van der Waals surface area contributed by atoms with Crippen LogP contribution in [0, 0.1) is 5.92 Å². The molecule has 0 aliphatic heterocycles. The molecule has 1 rings (SSSR count). The molecular weight excluding hydrogens is 372 g/mol. The molecule has 0 aromatic carbocycles. The molecule has 1 aromatic heterocycles. The van der Waals surface area contributed by atoms with E-state index in [0.717, 1.165) is 11.3 Å². The van der Waals surface area contributed by atoms with E-state index in [1.807, 2.05) is 0 Å². The van der Waals surface area contributed by atoms with E-state index in [-0.39, 0.29) is 13.0 Å². The van der Waals surface area contributed by atoms with Crippen LogP contribution in [0.4, 0.5) is 26.3 Å². The van der Waals surface area contributed by atoms with Gasteiger partial charge in [0.2, 0.25) is 0 Å². The minimum Gasteiger partial charge on any atom is -0.313 e. The van der Waals surface area contributed by atoms with Crippen LogP contribution in [0.5, 0.6) is 0 Å². The van der Waals surface area contributed by atoms with Gasteiger partial charge in [0.05, 0.1) is 0 Å². The molecule has 1 nitrogen and oxygen atoms in total. The van der Waals surface area contributed by atoms with Gasteiger partial charge in [-0.1, -0.05) is 6.92 Å². The van der Waals surface area contributed by atoms with Crippen molar-refractivity contribution in [2.45, 2.75) is 31.7 Å². The largest absolute Gasteiger partial charge is 0.402 e. The quantitative estimate of drug-likeness (QED) is 0.722. The minimum absolute atomic E-state index is 0.0241. The molecule has 0 saturated carbocycles. The van der Waals surface area contributed by atoms with Gasteiger partial charge in [-0.25, -0.2) is 0 Å². The van der Waals surface area contributed by atoms with E-state index in [1.165, 1.54) is 6.92 Å². The Hall–Kier alpha value is -0.280. The lowest BCUT2D eigenvalue weighted by Crippen LogP contribution is -2.51. The summed E-state index contributed by atoms with van der Waals surface area (Å²) in [5.74, 6) is -3.39. The molecule has 1 unspecified atom stereocenters. The third kappa shape index (κ3) is 4.63. The van der Waals surface area contributed by atoms with Gasteiger partial charge in [-0.05, 0) is 40.3 Å². The Kier molecular flexibility index (Phi) is 5.91. The maximum atomic E-state index is 12.8. The van der Waals surface area contributed by atoms with E-state index in [9.17, 15) is 26.3 Å². The Balaban J connectivity index is 3.06. The van der Waals surface area contributed by atoms with E-state index in [1.54, 1.807) is 11.4 Å². The zero-order valence-corrected chi connectivity index (χ0v) is 12.7. The van der Waals surface area contributed by atoms with Gasteiger partial charge < -0.3 is 5.32 Å². The molecule has 0 bridgehead atoms. The lowest BCUT2D eigenvalue weighted by atomic mass is 9.94. The molecular formula is C11H12BrF6NS. The number of rotatable bonds is 5. The summed E-state index contributed by atoms with van der Waals surface area (Å²) >= 11 is 4.24. The highest BCUT2D eigenvalue weighted by molar-refractivity contribution is 9.10. The zero-order chi connectivity index (χ0) is 15.6. The summed E-state index contributed by atoms with van der Waals surface area (Å²) in [5.41, 5.74) is 0. The number of alkyl halides is 6. The van der Waals surface area contributed by atoms with Crippen LogP contribution in [0.15, 0.2) is 15.9 Å². The number of likely N-dealkylation sites (N-methyl/N-ethyl adjacent to an activating group) is 1. The molecule has 0 amide bonds. The van der Waals surface area contributed by atoms with Gasteiger partial charge in [-0.2, -0.15) is 26.3 Å². The molecule has 1 aromatic rings. The van der Waals surface area contributed by atoms with Gasteiger partial charge >= 0.3 is 12.4 Å². The van der Waals surface area contributed by atoms with Gasteiger partial charge in [0.1, 0.15) is 0 Å². The summed E-state index contributed by atoms with van der Waals surface area (Å²) in [7, 11) is 0. The van der Waals surface area contributed by atoms with Gasteiger partial charge in [0, 0.05) is 15.4 Å². The van der Waals surface area contributed by atoms with Crippen LogP contribution >= 0.6 is 27.3 Å². The first kappa shape index (κ1) is 17.8. The molecule has 116 valence electrons. The van der Waals surface area contributed by atoms with Crippen molar-refractivity contribution in [1.82, 2.24) is 5.32 Å². The number of hydrogen-bond acceptors (Lipinski definition) is 2. The Morgan fingerprint density at radius 1 is 1.20 bits per heavy atom. The summed E-state index contributed by atoms with van der Waals surface area (Å²) in [4.78, 5) is 0.453. The maximum Gasteiger partial charge on any atom is 0.402 e. The normalized spacial score (nSPS) is 14.8. The number of hydrogen-bond donors (Lipinski definition) is 1. The first-order chi connectivity index (χ1) is 9.07. The first-order valence-electron chi connectivity index (χ1n) is 5.66. The molecule has 1 atom stereocenters. The van der Waals surface area contributed by atoms with Crippen LogP contribution in [-0.2, 0) is 6.42 Å². The van der Waals surface area contributed by atoms with E-state index in [0.29, 0.717) is 9.35 Å². The van der Waals surface area contributed by atoms with Crippen LogP contribution in [-0.4, -0.2) is 24.9 Å². The highest BCUT2D eigenvalue weighted by Gasteiger charge is 2.60. The molecule has 1 N–H and O–H groups in total. The van der Waals surface area contributed by atoms with Gasteiger partial charge in [0.25, 0.3) is 0 Å². The summed E-state index contributed by atoms with van der Waals surface area (Å²) in [6, 6.07) is -0.144. The summed E-state index contributed by atoms with van der Waals surface area (Å²) in [5, 5.41) is 3.92. The average molecular weight is 384 g/mol. The molecule has 0 radical (unpaired) electrons. The number of thiophene rings is 1. The molecule has 0 saturated heterocycles. The van der Waals surface area contributed by atoms with E-state index < -0.39 is 24.3 Å². The van der Waals surface area contributed by atoms with Crippen LogP contribution in [0.1, 0.15) is 11.8 Å². The van der Waals surface area contributed by atoms with E-state index in [4.69, 9.17) is 0 Å². The summed E-state index contributed by atoms with van der Waals surface area (Å²) in [6.45, 7) is 1.50. The molecule has 1 heterocycles. The minimum atomic E-state index is -5.34. The summed E-state index contributed by atoms with van der Waals surface area (Å²) in [6.07, 6.45) is -11.0. The second-order valence-electron chi connectivity index (χ2n) is 4.12. The molecule has 20 heavy (non-hydrogen) atoms. The van der Waals surface area contributed by atoms with Crippen LogP contribution < -0.4 is 5.32 Å². The van der Waals surface area contributed by atoms with E-state index in [2.05, 4.69) is 21.2 Å². The van der Waals surface area contributed by atoms with Crippen LogP contribution in [0.3, 0.4) is 0 Å². The fraction of sp³-hybridized carbons (Fsp3) is 0.636. The Bertz CT molecular complexity index is 413. The van der Waals surface area contributed by atoms with Crippen LogP contribution in [0.25, 0.3) is 0 Å². The second kappa shape index (κ2) is 6.65. The highest BCUT2D eigenvalue weighted by atomic mass is 79.9. The van der Waals surface area contributed by atoms with Crippen molar-refractivity contribution in [2.75, 3.05) is 6.54 Å². The van der Waals surface area contributed by atoms with Crippen molar-refractivity contribution in [1.29, 1.82) is 0 Å². The molecule has 0 spiro atoms. The van der Waals surface area contributed by atoms with Gasteiger partial charge in [0.15, 0.2) is 5.92 Å². The van der Waals surface area contributed by atoms with Crippen molar-refractivity contribution < 1.29 is 26.3 Å². The fourth-order valence-corrected chi connectivity index (χ4v) is 3.46. The monoisotopic (exact) mass is 383 g/mol. The fourth-order valence-electron chi connectivity index (χ4n) is 1.88. The molecule has 0 aliphatic carbocycles. The first-order valence-corrected chi connectivity index (χ1v) is 7.33. The topological polar surface area (TPSA) is 12.0 Å². The standard InChI is InChI=1S/C11H12BrF6NS/c1-2-19-7(5-8-6(12)3-4-20-8)9(10(13,14)15)11(16,17)18/h3-4,7,9,19H,2,5H2,1H3. The third-order valence-electron chi connectivity index (χ3n) is 2.67. The highest BCUT2D eigenvalue weighted by Crippen LogP contribution is 2.42. The lowest BCUT2D eigenvalue weighted by Gasteiger charge is -2.31. The molecule has 0 fully saturated rings. The number of nitrogens with one attached hydrogen (secondary N) is 1. The van der Waals surface area contributed by atoms with Crippen molar-refractivity contribution in [3.8, 4) is 0 Å². The third-order valence-corrected chi connectivity index (χ3v) is 4.62. The Morgan fingerprint density at radius 2 is 1.75 bits per heavy atom.